The standard InChI is InChI=1S/C18H22N2O/c1-15-8-9-17(12-19-15)18(21)10-5-11-20(14-18)13-16-6-3-2-4-7-16/h2-4,6-9,12,21H,5,10-11,13-14H2,1H3. The van der Waals surface area contributed by atoms with Crippen LogP contribution in [0.5, 0.6) is 0 Å². The molecule has 0 aliphatic carbocycles. The number of pyridine rings is 1. The lowest BCUT2D eigenvalue weighted by Crippen LogP contribution is -2.45. The van der Waals surface area contributed by atoms with Crippen LogP contribution < -0.4 is 0 Å². The Bertz CT molecular complexity index is 582. The maximum atomic E-state index is 11.0. The molecule has 3 nitrogen and oxygen atoms in total. The number of hydrogen-bond donors (Lipinski definition) is 1. The van der Waals surface area contributed by atoms with Crippen molar-refractivity contribution in [2.24, 2.45) is 0 Å². The summed E-state index contributed by atoms with van der Waals surface area (Å²) in [5.41, 5.74) is 2.45. The van der Waals surface area contributed by atoms with Gasteiger partial charge in [0, 0.05) is 30.5 Å². The van der Waals surface area contributed by atoms with E-state index in [4.69, 9.17) is 0 Å². The second-order valence-electron chi connectivity index (χ2n) is 6.02. The summed E-state index contributed by atoms with van der Waals surface area (Å²) in [6.07, 6.45) is 3.64. The fraction of sp³-hybridized carbons (Fsp3) is 0.389. The molecular formula is C18H22N2O. The molecule has 0 spiro atoms. The lowest BCUT2D eigenvalue weighted by Gasteiger charge is -2.39. The SMILES string of the molecule is Cc1ccc(C2(O)CCCN(Cc3ccccc3)C2)cn1. The number of aromatic nitrogens is 1. The number of benzene rings is 1. The third kappa shape index (κ3) is 3.31. The number of piperidine rings is 1. The van der Waals surface area contributed by atoms with E-state index in [1.807, 2.05) is 31.3 Å². The van der Waals surface area contributed by atoms with Crippen molar-refractivity contribution in [2.45, 2.75) is 31.9 Å². The maximum Gasteiger partial charge on any atom is 0.104 e. The van der Waals surface area contributed by atoms with Crippen LogP contribution in [0.1, 0.15) is 29.7 Å². The van der Waals surface area contributed by atoms with Crippen LogP contribution in [0.15, 0.2) is 48.7 Å². The number of rotatable bonds is 3. The molecule has 1 atom stereocenters. The molecule has 0 saturated carbocycles. The fourth-order valence-electron chi connectivity index (χ4n) is 3.08. The molecule has 21 heavy (non-hydrogen) atoms. The van der Waals surface area contributed by atoms with E-state index in [0.29, 0.717) is 6.54 Å². The summed E-state index contributed by atoms with van der Waals surface area (Å²) in [4.78, 5) is 6.66. The van der Waals surface area contributed by atoms with Crippen molar-refractivity contribution in [2.75, 3.05) is 13.1 Å². The highest BCUT2D eigenvalue weighted by molar-refractivity contribution is 5.22. The zero-order chi connectivity index (χ0) is 14.7. The predicted octanol–water partition coefficient (Wildman–Crippen LogP) is 2.87. The molecule has 1 unspecified atom stereocenters. The van der Waals surface area contributed by atoms with Gasteiger partial charge in [-0.25, -0.2) is 0 Å². The Hall–Kier alpha value is -1.71. The molecule has 0 radical (unpaired) electrons. The van der Waals surface area contributed by atoms with Crippen molar-refractivity contribution in [3.05, 3.63) is 65.5 Å². The average Bonchev–Trinajstić information content (AvgIpc) is 2.49. The van der Waals surface area contributed by atoms with Gasteiger partial charge in [-0.3, -0.25) is 9.88 Å². The smallest absolute Gasteiger partial charge is 0.104 e. The Morgan fingerprint density at radius 1 is 1.19 bits per heavy atom. The Balaban J connectivity index is 1.74. The van der Waals surface area contributed by atoms with E-state index < -0.39 is 5.60 Å². The molecule has 1 N–H and O–H groups in total. The Labute approximate surface area is 126 Å². The van der Waals surface area contributed by atoms with Gasteiger partial charge in [-0.1, -0.05) is 36.4 Å². The van der Waals surface area contributed by atoms with Crippen molar-refractivity contribution in [3.8, 4) is 0 Å². The monoisotopic (exact) mass is 282 g/mol. The van der Waals surface area contributed by atoms with E-state index in [2.05, 4.69) is 34.1 Å². The fourth-order valence-corrected chi connectivity index (χ4v) is 3.08. The van der Waals surface area contributed by atoms with Crippen molar-refractivity contribution < 1.29 is 5.11 Å². The molecule has 1 aromatic carbocycles. The maximum absolute atomic E-state index is 11.0. The highest BCUT2D eigenvalue weighted by Crippen LogP contribution is 2.31. The summed E-state index contributed by atoms with van der Waals surface area (Å²) in [5, 5.41) is 11.0. The molecule has 1 aromatic heterocycles. The van der Waals surface area contributed by atoms with Crippen molar-refractivity contribution in [3.63, 3.8) is 0 Å². The van der Waals surface area contributed by atoms with E-state index in [1.165, 1.54) is 5.56 Å². The first kappa shape index (κ1) is 14.2. The molecule has 1 aliphatic rings. The number of nitrogens with zero attached hydrogens (tertiary/aromatic N) is 2. The summed E-state index contributed by atoms with van der Waals surface area (Å²) in [5.74, 6) is 0. The largest absolute Gasteiger partial charge is 0.384 e. The van der Waals surface area contributed by atoms with Gasteiger partial charge in [-0.05, 0) is 37.9 Å². The van der Waals surface area contributed by atoms with E-state index in [-0.39, 0.29) is 0 Å². The third-order valence-electron chi connectivity index (χ3n) is 4.25. The lowest BCUT2D eigenvalue weighted by atomic mass is 9.86. The van der Waals surface area contributed by atoms with Gasteiger partial charge >= 0.3 is 0 Å². The summed E-state index contributed by atoms with van der Waals surface area (Å²) in [7, 11) is 0. The van der Waals surface area contributed by atoms with Crippen LogP contribution in [0, 0.1) is 6.92 Å². The second kappa shape index (κ2) is 5.96. The number of likely N-dealkylation sites (tertiary alicyclic amines) is 1. The molecule has 2 aromatic rings. The molecule has 110 valence electrons. The van der Waals surface area contributed by atoms with Gasteiger partial charge in [0.05, 0.1) is 0 Å². The highest BCUT2D eigenvalue weighted by atomic mass is 16.3. The van der Waals surface area contributed by atoms with Gasteiger partial charge in [-0.15, -0.1) is 0 Å². The molecule has 1 saturated heterocycles. The lowest BCUT2D eigenvalue weighted by molar-refractivity contribution is -0.0383. The van der Waals surface area contributed by atoms with Crippen LogP contribution in [-0.2, 0) is 12.1 Å². The minimum atomic E-state index is -0.770. The molecule has 3 rings (SSSR count). The minimum absolute atomic E-state index is 0.673. The van der Waals surface area contributed by atoms with Gasteiger partial charge in [-0.2, -0.15) is 0 Å². The molecule has 3 heteroatoms. The Morgan fingerprint density at radius 2 is 2.00 bits per heavy atom. The second-order valence-corrected chi connectivity index (χ2v) is 6.02. The molecule has 0 amide bonds. The highest BCUT2D eigenvalue weighted by Gasteiger charge is 2.35. The average molecular weight is 282 g/mol. The minimum Gasteiger partial charge on any atom is -0.384 e. The van der Waals surface area contributed by atoms with Crippen molar-refractivity contribution in [1.82, 2.24) is 9.88 Å². The molecule has 1 fully saturated rings. The number of aliphatic hydroxyl groups is 1. The van der Waals surface area contributed by atoms with Gasteiger partial charge < -0.3 is 5.11 Å². The summed E-state index contributed by atoms with van der Waals surface area (Å²) >= 11 is 0. The Morgan fingerprint density at radius 3 is 2.71 bits per heavy atom. The van der Waals surface area contributed by atoms with Crippen LogP contribution in [-0.4, -0.2) is 28.1 Å². The quantitative estimate of drug-likeness (QED) is 0.940. The first-order valence-electron chi connectivity index (χ1n) is 7.57. The van der Waals surface area contributed by atoms with Gasteiger partial charge in [0.25, 0.3) is 0 Å². The summed E-state index contributed by atoms with van der Waals surface area (Å²) in [6, 6.07) is 14.4. The van der Waals surface area contributed by atoms with Crippen LogP contribution >= 0.6 is 0 Å². The number of hydrogen-bond acceptors (Lipinski definition) is 3. The zero-order valence-electron chi connectivity index (χ0n) is 12.5. The van der Waals surface area contributed by atoms with Crippen molar-refractivity contribution in [1.29, 1.82) is 0 Å². The predicted molar refractivity (Wildman–Crippen MR) is 83.8 cm³/mol. The molecule has 1 aliphatic heterocycles. The molecule has 2 heterocycles. The normalized spacial score (nSPS) is 23.1. The van der Waals surface area contributed by atoms with Gasteiger partial charge in [0.2, 0.25) is 0 Å². The van der Waals surface area contributed by atoms with Crippen LogP contribution in [0.2, 0.25) is 0 Å². The topological polar surface area (TPSA) is 36.4 Å². The van der Waals surface area contributed by atoms with Gasteiger partial charge in [0.1, 0.15) is 5.60 Å². The van der Waals surface area contributed by atoms with E-state index in [9.17, 15) is 5.11 Å². The van der Waals surface area contributed by atoms with E-state index >= 15 is 0 Å². The molecular weight excluding hydrogens is 260 g/mol. The number of aryl methyl sites for hydroxylation is 1. The van der Waals surface area contributed by atoms with Gasteiger partial charge in [0.15, 0.2) is 0 Å². The third-order valence-corrected chi connectivity index (χ3v) is 4.25. The van der Waals surface area contributed by atoms with E-state index in [1.54, 1.807) is 0 Å². The zero-order valence-corrected chi connectivity index (χ0v) is 12.5. The first-order chi connectivity index (χ1) is 10.2. The summed E-state index contributed by atoms with van der Waals surface area (Å²) in [6.45, 7) is 4.57. The van der Waals surface area contributed by atoms with Crippen LogP contribution in [0.4, 0.5) is 0 Å². The molecule has 0 bridgehead atoms. The van der Waals surface area contributed by atoms with E-state index in [0.717, 1.165) is 37.2 Å². The Kier molecular flexibility index (Phi) is 4.04. The number of β-amino-alcohol motifs (C(OH)–C–C–N with tert-alkyl or cyclic N) is 1. The van der Waals surface area contributed by atoms with Crippen LogP contribution in [0.3, 0.4) is 0 Å². The van der Waals surface area contributed by atoms with Crippen LogP contribution in [0.25, 0.3) is 0 Å². The summed E-state index contributed by atoms with van der Waals surface area (Å²) < 4.78 is 0. The van der Waals surface area contributed by atoms with Crippen molar-refractivity contribution >= 4 is 0 Å². The first-order valence-corrected chi connectivity index (χ1v) is 7.57.